The lowest BCUT2D eigenvalue weighted by atomic mass is 10.1. The Kier molecular flexibility index (Phi) is 4.88. The van der Waals surface area contributed by atoms with Gasteiger partial charge in [0.1, 0.15) is 11.0 Å². The normalized spacial score (nSPS) is 12.8. The molecule has 1 aromatic rings. The van der Waals surface area contributed by atoms with Crippen molar-refractivity contribution in [1.29, 1.82) is 0 Å². The smallest absolute Gasteiger partial charge is 0.318 e. The minimum Gasteiger partial charge on any atom is -0.480 e. The molecule has 1 amide bonds. The van der Waals surface area contributed by atoms with Gasteiger partial charge in [-0.05, 0) is 38.0 Å². The molecule has 1 atom stereocenters. The van der Waals surface area contributed by atoms with E-state index in [4.69, 9.17) is 5.11 Å². The van der Waals surface area contributed by atoms with Crippen LogP contribution in [0.2, 0.25) is 0 Å². The number of sulfone groups is 1. The number of hydrogen-bond donors (Lipinski definition) is 2. The van der Waals surface area contributed by atoms with E-state index in [2.05, 4.69) is 5.32 Å². The lowest BCUT2D eigenvalue weighted by Crippen LogP contribution is -2.36. The maximum absolute atomic E-state index is 11.9. The first-order chi connectivity index (χ1) is 9.15. The lowest BCUT2D eigenvalue weighted by Gasteiger charge is -2.14. The predicted octanol–water partition coefficient (Wildman–Crippen LogP) is 1.13. The van der Waals surface area contributed by atoms with E-state index in [1.807, 2.05) is 13.0 Å². The van der Waals surface area contributed by atoms with Crippen LogP contribution in [0.25, 0.3) is 0 Å². The Hall–Kier alpha value is -1.89. The van der Waals surface area contributed by atoms with Crippen LogP contribution in [-0.2, 0) is 19.4 Å². The highest BCUT2D eigenvalue weighted by Gasteiger charge is 2.30. The molecular weight excluding hydrogens is 282 g/mol. The predicted molar refractivity (Wildman–Crippen MR) is 75.4 cm³/mol. The number of amides is 1. The number of aryl methyl sites for hydroxylation is 1. The van der Waals surface area contributed by atoms with Crippen LogP contribution in [0.3, 0.4) is 0 Å². The molecule has 1 aromatic carbocycles. The van der Waals surface area contributed by atoms with Crippen molar-refractivity contribution in [2.45, 2.75) is 26.0 Å². The summed E-state index contributed by atoms with van der Waals surface area (Å²) in [6.07, 6.45) is 0. The third-order valence-electron chi connectivity index (χ3n) is 3.10. The molecular formula is C13H17NO5S. The Morgan fingerprint density at radius 2 is 1.90 bits per heavy atom. The van der Waals surface area contributed by atoms with Crippen LogP contribution in [0.4, 0.5) is 5.69 Å². The average Bonchev–Trinajstić information content (AvgIpc) is 2.32. The van der Waals surface area contributed by atoms with Gasteiger partial charge in [0.15, 0.2) is 9.84 Å². The van der Waals surface area contributed by atoms with E-state index < -0.39 is 32.7 Å². The molecule has 0 aliphatic carbocycles. The van der Waals surface area contributed by atoms with Gasteiger partial charge in [0.25, 0.3) is 0 Å². The number of anilines is 1. The molecule has 20 heavy (non-hydrogen) atoms. The van der Waals surface area contributed by atoms with E-state index in [0.717, 1.165) is 11.1 Å². The molecule has 0 aromatic heterocycles. The number of carboxylic acid groups (broad SMARTS) is 1. The third-order valence-corrected chi connectivity index (χ3v) is 5.04. The molecule has 0 aliphatic rings. The van der Waals surface area contributed by atoms with Gasteiger partial charge >= 0.3 is 5.97 Å². The SMILES string of the molecule is Cc1cccc(NC(=O)C(C)S(=O)(=O)CC(=O)O)c1C. The molecule has 0 aliphatic heterocycles. The summed E-state index contributed by atoms with van der Waals surface area (Å²) in [6.45, 7) is 4.86. The number of aliphatic carboxylic acids is 1. The standard InChI is InChI=1S/C13H17NO5S/c1-8-5-4-6-11(9(8)2)14-13(17)10(3)20(18,19)7-12(15)16/h4-6,10H,7H2,1-3H3,(H,14,17)(H,15,16). The number of nitrogens with one attached hydrogen (secondary N) is 1. The van der Waals surface area contributed by atoms with Crippen molar-refractivity contribution >= 4 is 27.4 Å². The second-order valence-corrected chi connectivity index (χ2v) is 6.90. The minimum atomic E-state index is -4.01. The van der Waals surface area contributed by atoms with Gasteiger partial charge in [-0.2, -0.15) is 0 Å². The molecule has 6 nitrogen and oxygen atoms in total. The fourth-order valence-electron chi connectivity index (χ4n) is 1.58. The van der Waals surface area contributed by atoms with Gasteiger partial charge in [-0.3, -0.25) is 9.59 Å². The number of benzene rings is 1. The summed E-state index contributed by atoms with van der Waals surface area (Å²) in [6, 6.07) is 5.28. The molecule has 1 unspecified atom stereocenters. The maximum atomic E-state index is 11.9. The average molecular weight is 299 g/mol. The highest BCUT2D eigenvalue weighted by Crippen LogP contribution is 2.18. The number of hydrogen-bond acceptors (Lipinski definition) is 4. The van der Waals surface area contributed by atoms with Crippen LogP contribution in [0.15, 0.2) is 18.2 Å². The van der Waals surface area contributed by atoms with Gasteiger partial charge in [0, 0.05) is 5.69 Å². The molecule has 2 N–H and O–H groups in total. The van der Waals surface area contributed by atoms with Crippen molar-refractivity contribution < 1.29 is 23.1 Å². The van der Waals surface area contributed by atoms with Gasteiger partial charge in [-0.25, -0.2) is 8.42 Å². The monoisotopic (exact) mass is 299 g/mol. The third kappa shape index (κ3) is 3.80. The van der Waals surface area contributed by atoms with Crippen LogP contribution in [0.5, 0.6) is 0 Å². The zero-order valence-electron chi connectivity index (χ0n) is 11.5. The summed E-state index contributed by atoms with van der Waals surface area (Å²) < 4.78 is 23.4. The van der Waals surface area contributed by atoms with Crippen molar-refractivity contribution in [3.8, 4) is 0 Å². The molecule has 0 radical (unpaired) electrons. The zero-order chi connectivity index (χ0) is 15.5. The van der Waals surface area contributed by atoms with Gasteiger partial charge in [-0.1, -0.05) is 12.1 Å². The molecule has 0 spiro atoms. The second-order valence-electron chi connectivity index (χ2n) is 4.58. The highest BCUT2D eigenvalue weighted by molar-refractivity contribution is 7.93. The van der Waals surface area contributed by atoms with Crippen molar-refractivity contribution in [1.82, 2.24) is 0 Å². The van der Waals surface area contributed by atoms with E-state index in [0.29, 0.717) is 5.69 Å². The number of carbonyl (C=O) groups is 2. The fourth-order valence-corrected chi connectivity index (χ4v) is 2.56. The first-order valence-electron chi connectivity index (χ1n) is 5.95. The summed E-state index contributed by atoms with van der Waals surface area (Å²) in [5.41, 5.74) is 2.32. The molecule has 0 saturated carbocycles. The highest BCUT2D eigenvalue weighted by atomic mass is 32.2. The summed E-state index contributed by atoms with van der Waals surface area (Å²) in [4.78, 5) is 22.4. The summed E-state index contributed by atoms with van der Waals surface area (Å²) in [7, 11) is -4.01. The van der Waals surface area contributed by atoms with Gasteiger partial charge in [0.2, 0.25) is 5.91 Å². The first-order valence-corrected chi connectivity index (χ1v) is 7.67. The van der Waals surface area contributed by atoms with Crippen LogP contribution in [-0.4, -0.2) is 36.4 Å². The maximum Gasteiger partial charge on any atom is 0.318 e. The molecule has 0 fully saturated rings. The van der Waals surface area contributed by atoms with Crippen molar-refractivity contribution in [2.24, 2.45) is 0 Å². The van der Waals surface area contributed by atoms with Gasteiger partial charge < -0.3 is 10.4 Å². The van der Waals surface area contributed by atoms with E-state index >= 15 is 0 Å². The van der Waals surface area contributed by atoms with Crippen LogP contribution in [0, 0.1) is 13.8 Å². The fraction of sp³-hybridized carbons (Fsp3) is 0.385. The molecule has 0 bridgehead atoms. The summed E-state index contributed by atoms with van der Waals surface area (Å²) in [5, 5.41) is 9.64. The Balaban J connectivity index is 2.91. The van der Waals surface area contributed by atoms with Gasteiger partial charge in [0.05, 0.1) is 0 Å². The van der Waals surface area contributed by atoms with Crippen molar-refractivity contribution in [3.05, 3.63) is 29.3 Å². The Morgan fingerprint density at radius 3 is 2.45 bits per heavy atom. The van der Waals surface area contributed by atoms with E-state index in [9.17, 15) is 18.0 Å². The Bertz CT molecular complexity index is 636. The van der Waals surface area contributed by atoms with Crippen LogP contribution >= 0.6 is 0 Å². The Morgan fingerprint density at radius 1 is 1.30 bits per heavy atom. The number of carboxylic acids is 1. The minimum absolute atomic E-state index is 0.521. The number of carbonyl (C=O) groups excluding carboxylic acids is 1. The summed E-state index contributed by atoms with van der Waals surface area (Å²) >= 11 is 0. The van der Waals surface area contributed by atoms with E-state index in [-0.39, 0.29) is 0 Å². The molecule has 110 valence electrons. The molecule has 0 heterocycles. The van der Waals surface area contributed by atoms with Crippen LogP contribution < -0.4 is 5.32 Å². The zero-order valence-corrected chi connectivity index (χ0v) is 12.3. The van der Waals surface area contributed by atoms with E-state index in [1.165, 1.54) is 6.92 Å². The van der Waals surface area contributed by atoms with E-state index in [1.54, 1.807) is 19.1 Å². The second kappa shape index (κ2) is 6.04. The van der Waals surface area contributed by atoms with Crippen molar-refractivity contribution in [3.63, 3.8) is 0 Å². The Labute approximate surface area is 117 Å². The largest absolute Gasteiger partial charge is 0.480 e. The molecule has 1 rings (SSSR count). The molecule has 0 saturated heterocycles. The van der Waals surface area contributed by atoms with Crippen LogP contribution in [0.1, 0.15) is 18.1 Å². The summed E-state index contributed by atoms with van der Waals surface area (Å²) in [5.74, 6) is -3.27. The quantitative estimate of drug-likeness (QED) is 0.849. The molecule has 7 heteroatoms. The van der Waals surface area contributed by atoms with Gasteiger partial charge in [-0.15, -0.1) is 0 Å². The number of rotatable bonds is 5. The lowest BCUT2D eigenvalue weighted by molar-refractivity contribution is -0.134. The van der Waals surface area contributed by atoms with Crippen molar-refractivity contribution in [2.75, 3.05) is 11.1 Å². The first kappa shape index (κ1) is 16.2. The topological polar surface area (TPSA) is 101 Å².